The Morgan fingerprint density at radius 3 is 2.85 bits per heavy atom. The van der Waals surface area contributed by atoms with Crippen molar-refractivity contribution in [3.05, 3.63) is 48.2 Å². The number of hydrogen-bond acceptors (Lipinski definition) is 3. The lowest BCUT2D eigenvalue weighted by Crippen LogP contribution is -2.51. The monoisotopic (exact) mass is 270 g/mol. The Kier molecular flexibility index (Phi) is 2.89. The third-order valence-corrected chi connectivity index (χ3v) is 3.97. The van der Waals surface area contributed by atoms with Gasteiger partial charge in [-0.3, -0.25) is 4.79 Å². The molecule has 0 N–H and O–H groups in total. The lowest BCUT2D eigenvalue weighted by atomic mass is 9.80. The molecule has 0 unspecified atom stereocenters. The molecule has 1 atom stereocenters. The van der Waals surface area contributed by atoms with Crippen molar-refractivity contribution >= 4 is 11.6 Å². The summed E-state index contributed by atoms with van der Waals surface area (Å²) in [4.78, 5) is 18.6. The molecule has 2 aromatic rings. The van der Waals surface area contributed by atoms with Crippen LogP contribution in [-0.4, -0.2) is 16.4 Å². The van der Waals surface area contributed by atoms with Gasteiger partial charge in [0.1, 0.15) is 6.26 Å². The van der Waals surface area contributed by atoms with E-state index >= 15 is 0 Å². The summed E-state index contributed by atoms with van der Waals surface area (Å²) >= 11 is 0. The Labute approximate surface area is 118 Å². The van der Waals surface area contributed by atoms with Gasteiger partial charge < -0.3 is 9.32 Å². The molecule has 0 aliphatic carbocycles. The van der Waals surface area contributed by atoms with Crippen LogP contribution in [0.2, 0.25) is 0 Å². The number of fused-ring (bicyclic) bond motifs is 1. The summed E-state index contributed by atoms with van der Waals surface area (Å²) < 4.78 is 4.95. The number of nitrogens with zero attached hydrogens (tertiary/aromatic N) is 2. The summed E-state index contributed by atoms with van der Waals surface area (Å²) in [6.45, 7) is 6.40. The van der Waals surface area contributed by atoms with Gasteiger partial charge in [-0.2, -0.15) is 0 Å². The van der Waals surface area contributed by atoms with Gasteiger partial charge in [0.2, 0.25) is 0 Å². The first kappa shape index (κ1) is 12.9. The average molecular weight is 270 g/mol. The van der Waals surface area contributed by atoms with E-state index in [4.69, 9.17) is 4.42 Å². The van der Waals surface area contributed by atoms with Crippen LogP contribution >= 0.6 is 0 Å². The van der Waals surface area contributed by atoms with Crippen molar-refractivity contribution < 1.29 is 9.21 Å². The van der Waals surface area contributed by atoms with E-state index in [2.05, 4.69) is 31.8 Å². The lowest BCUT2D eigenvalue weighted by Gasteiger charge is -2.45. The topological polar surface area (TPSA) is 46.3 Å². The number of amides is 1. The van der Waals surface area contributed by atoms with E-state index in [9.17, 15) is 4.79 Å². The molecule has 1 aromatic heterocycles. The maximum atomic E-state index is 12.7. The second kappa shape index (κ2) is 4.47. The molecule has 2 heterocycles. The third-order valence-electron chi connectivity index (χ3n) is 3.97. The summed E-state index contributed by atoms with van der Waals surface area (Å²) in [6, 6.07) is 8.09. The fraction of sp³-hybridized carbons (Fsp3) is 0.375. The van der Waals surface area contributed by atoms with E-state index in [-0.39, 0.29) is 11.4 Å². The second-order valence-corrected chi connectivity index (χ2v) is 5.99. The Balaban J connectivity index is 2.12. The van der Waals surface area contributed by atoms with E-state index in [1.165, 1.54) is 18.2 Å². The molecular formula is C16H18N2O2. The fourth-order valence-corrected chi connectivity index (χ4v) is 3.20. The highest BCUT2D eigenvalue weighted by Crippen LogP contribution is 2.43. The molecule has 1 aliphatic rings. The minimum atomic E-state index is -0.246. The van der Waals surface area contributed by atoms with E-state index in [1.807, 2.05) is 23.1 Å². The Hall–Kier alpha value is -2.10. The Morgan fingerprint density at radius 1 is 1.40 bits per heavy atom. The minimum Gasteiger partial charge on any atom is -0.451 e. The summed E-state index contributed by atoms with van der Waals surface area (Å²) in [5.41, 5.74) is 2.29. The molecule has 104 valence electrons. The van der Waals surface area contributed by atoms with Crippen molar-refractivity contribution in [2.24, 2.45) is 0 Å². The normalized spacial score (nSPS) is 20.6. The fourth-order valence-electron chi connectivity index (χ4n) is 3.20. The van der Waals surface area contributed by atoms with Crippen molar-refractivity contribution in [3.8, 4) is 0 Å². The van der Waals surface area contributed by atoms with Crippen LogP contribution in [0.15, 0.2) is 41.3 Å². The van der Waals surface area contributed by atoms with Crippen molar-refractivity contribution in [1.82, 2.24) is 4.98 Å². The van der Waals surface area contributed by atoms with Gasteiger partial charge in [-0.1, -0.05) is 25.1 Å². The highest BCUT2D eigenvalue weighted by atomic mass is 16.3. The van der Waals surface area contributed by atoms with Crippen molar-refractivity contribution in [1.29, 1.82) is 0 Å². The second-order valence-electron chi connectivity index (χ2n) is 5.99. The van der Waals surface area contributed by atoms with Crippen molar-refractivity contribution in [2.75, 3.05) is 4.90 Å². The van der Waals surface area contributed by atoms with Crippen LogP contribution in [0.25, 0.3) is 0 Å². The first-order valence-corrected chi connectivity index (χ1v) is 6.82. The van der Waals surface area contributed by atoms with Crippen LogP contribution in [0, 0.1) is 0 Å². The number of oxazole rings is 1. The lowest BCUT2D eigenvalue weighted by molar-refractivity contribution is 0.0949. The summed E-state index contributed by atoms with van der Waals surface area (Å²) in [7, 11) is 0. The number of hydrogen-bond donors (Lipinski definition) is 0. The van der Waals surface area contributed by atoms with Crippen LogP contribution in [0.4, 0.5) is 5.69 Å². The molecule has 0 radical (unpaired) electrons. The summed E-state index contributed by atoms with van der Waals surface area (Å²) in [5, 5.41) is 0. The number of benzene rings is 1. The van der Waals surface area contributed by atoms with Crippen LogP contribution < -0.4 is 4.90 Å². The maximum absolute atomic E-state index is 12.7. The first-order valence-electron chi connectivity index (χ1n) is 6.82. The first-order chi connectivity index (χ1) is 9.50. The highest BCUT2D eigenvalue weighted by Gasteiger charge is 2.40. The molecule has 1 amide bonds. The zero-order valence-electron chi connectivity index (χ0n) is 12.0. The zero-order valence-corrected chi connectivity index (χ0v) is 12.0. The number of rotatable bonds is 1. The molecule has 4 heteroatoms. The summed E-state index contributed by atoms with van der Waals surface area (Å²) in [6.07, 6.45) is 3.62. The average Bonchev–Trinajstić information content (AvgIpc) is 2.91. The molecule has 1 aliphatic heterocycles. The molecule has 0 bridgehead atoms. The van der Waals surface area contributed by atoms with Gasteiger partial charge >= 0.3 is 0 Å². The van der Waals surface area contributed by atoms with E-state index in [0.29, 0.717) is 11.6 Å². The van der Waals surface area contributed by atoms with Gasteiger partial charge in [0, 0.05) is 11.2 Å². The predicted octanol–water partition coefficient (Wildman–Crippen LogP) is 3.61. The van der Waals surface area contributed by atoms with Crippen LogP contribution in [0.5, 0.6) is 0 Å². The molecule has 3 rings (SSSR count). The largest absolute Gasteiger partial charge is 0.451 e. The smallest absolute Gasteiger partial charge is 0.280 e. The number of carbonyl (C=O) groups excluding carboxylic acids is 1. The van der Waals surface area contributed by atoms with Gasteiger partial charge in [-0.05, 0) is 37.8 Å². The molecule has 20 heavy (non-hydrogen) atoms. The van der Waals surface area contributed by atoms with E-state index in [0.717, 1.165) is 12.1 Å². The molecule has 1 aromatic carbocycles. The van der Waals surface area contributed by atoms with Crippen molar-refractivity contribution in [3.63, 3.8) is 0 Å². The highest BCUT2D eigenvalue weighted by molar-refractivity contribution is 6.06. The molecule has 0 spiro atoms. The number of aromatic nitrogens is 1. The molecule has 4 nitrogen and oxygen atoms in total. The Morgan fingerprint density at radius 2 is 2.15 bits per heavy atom. The standard InChI is InChI=1S/C16H18N2O2/c1-11-8-16(2,3)18(14-7-5-4-6-12(11)14)15(19)13-9-20-10-17-13/h4-7,9-11H,8H2,1-3H3/t11-/m1/s1. The maximum Gasteiger partial charge on any atom is 0.280 e. The van der Waals surface area contributed by atoms with Crippen LogP contribution in [-0.2, 0) is 0 Å². The van der Waals surface area contributed by atoms with E-state index < -0.39 is 0 Å². The van der Waals surface area contributed by atoms with Gasteiger partial charge in [0.15, 0.2) is 12.1 Å². The number of para-hydroxylation sites is 1. The summed E-state index contributed by atoms with van der Waals surface area (Å²) in [5.74, 6) is 0.325. The van der Waals surface area contributed by atoms with Crippen LogP contribution in [0.3, 0.4) is 0 Å². The van der Waals surface area contributed by atoms with Gasteiger partial charge in [-0.25, -0.2) is 4.98 Å². The zero-order chi connectivity index (χ0) is 14.3. The van der Waals surface area contributed by atoms with Crippen molar-refractivity contribution in [2.45, 2.75) is 38.6 Å². The van der Waals surface area contributed by atoms with Gasteiger partial charge in [-0.15, -0.1) is 0 Å². The quantitative estimate of drug-likeness (QED) is 0.795. The van der Waals surface area contributed by atoms with Gasteiger partial charge in [0.05, 0.1) is 0 Å². The minimum absolute atomic E-state index is 0.108. The molecule has 0 fully saturated rings. The number of anilines is 1. The molecule has 0 saturated carbocycles. The van der Waals surface area contributed by atoms with Gasteiger partial charge in [0.25, 0.3) is 5.91 Å². The molecular weight excluding hydrogens is 252 g/mol. The number of carbonyl (C=O) groups is 1. The SMILES string of the molecule is C[C@@H]1CC(C)(C)N(C(=O)c2cocn2)c2ccccc21. The Bertz CT molecular complexity index is 632. The van der Waals surface area contributed by atoms with Crippen LogP contribution in [0.1, 0.15) is 49.2 Å². The molecule has 0 saturated heterocycles. The predicted molar refractivity (Wildman–Crippen MR) is 76.9 cm³/mol. The third kappa shape index (κ3) is 1.92. The van der Waals surface area contributed by atoms with E-state index in [1.54, 1.807) is 0 Å².